The zero-order valence-corrected chi connectivity index (χ0v) is 21.4. The lowest BCUT2D eigenvalue weighted by atomic mass is 9.96. The number of halogens is 1. The highest BCUT2D eigenvalue weighted by molar-refractivity contribution is 6.30. The number of amides is 1. The number of anilines is 1. The Kier molecular flexibility index (Phi) is 7.25. The van der Waals surface area contributed by atoms with E-state index in [1.807, 2.05) is 29.2 Å². The van der Waals surface area contributed by atoms with Crippen molar-refractivity contribution in [1.29, 1.82) is 0 Å². The Labute approximate surface area is 212 Å². The van der Waals surface area contributed by atoms with Crippen molar-refractivity contribution >= 4 is 23.3 Å². The van der Waals surface area contributed by atoms with Crippen LogP contribution >= 0.6 is 11.6 Å². The number of piperazine rings is 2. The third-order valence-electron chi connectivity index (χ3n) is 7.78. The van der Waals surface area contributed by atoms with Gasteiger partial charge < -0.3 is 19.8 Å². The van der Waals surface area contributed by atoms with E-state index in [1.54, 1.807) is 6.33 Å². The molecule has 0 saturated carbocycles. The quantitative estimate of drug-likeness (QED) is 0.678. The Balaban J connectivity index is 1.29. The van der Waals surface area contributed by atoms with Crippen LogP contribution in [0.15, 0.2) is 30.6 Å². The van der Waals surface area contributed by atoms with Gasteiger partial charge in [-0.3, -0.25) is 9.69 Å². The number of carbonyl (C=O) groups excluding carboxylic acids is 1. The summed E-state index contributed by atoms with van der Waals surface area (Å²) in [6, 6.07) is 7.75. The first kappa shape index (κ1) is 24.4. The smallest absolute Gasteiger partial charge is 0.231 e. The Morgan fingerprint density at radius 1 is 1.06 bits per heavy atom. The molecule has 1 amide bonds. The van der Waals surface area contributed by atoms with Gasteiger partial charge in [0.25, 0.3) is 0 Å². The fourth-order valence-corrected chi connectivity index (χ4v) is 5.75. The van der Waals surface area contributed by atoms with Crippen molar-refractivity contribution in [2.24, 2.45) is 0 Å². The molecule has 1 unspecified atom stereocenters. The number of hydrogen-bond donors (Lipinski definition) is 1. The second-order valence-corrected chi connectivity index (χ2v) is 10.6. The number of hydrogen-bond acceptors (Lipinski definition) is 7. The Morgan fingerprint density at radius 2 is 1.74 bits per heavy atom. The highest BCUT2D eigenvalue weighted by Gasteiger charge is 2.35. The summed E-state index contributed by atoms with van der Waals surface area (Å²) < 4.78 is 0. The number of fused-ring (bicyclic) bond motifs is 1. The molecule has 1 aliphatic carbocycles. The molecule has 35 heavy (non-hydrogen) atoms. The monoisotopic (exact) mass is 498 g/mol. The summed E-state index contributed by atoms with van der Waals surface area (Å²) in [7, 11) is 2.15. The van der Waals surface area contributed by atoms with Gasteiger partial charge in [-0.25, -0.2) is 9.97 Å². The average molecular weight is 499 g/mol. The maximum atomic E-state index is 13.8. The molecule has 5 rings (SSSR count). The molecule has 2 aromatic rings. The molecule has 2 saturated heterocycles. The van der Waals surface area contributed by atoms with Gasteiger partial charge >= 0.3 is 0 Å². The predicted molar refractivity (Wildman–Crippen MR) is 137 cm³/mol. The maximum Gasteiger partial charge on any atom is 0.231 e. The lowest BCUT2D eigenvalue weighted by Crippen LogP contribution is -2.52. The predicted octanol–water partition coefficient (Wildman–Crippen LogP) is 2.35. The first-order valence-corrected chi connectivity index (χ1v) is 13.0. The minimum atomic E-state index is -0.515. The van der Waals surface area contributed by atoms with Gasteiger partial charge in [0, 0.05) is 69.5 Å². The van der Waals surface area contributed by atoms with Gasteiger partial charge in [0.15, 0.2) is 0 Å². The zero-order chi connectivity index (χ0) is 24.5. The molecule has 188 valence electrons. The Morgan fingerprint density at radius 3 is 2.43 bits per heavy atom. The van der Waals surface area contributed by atoms with Gasteiger partial charge in [0.2, 0.25) is 5.91 Å². The van der Waals surface area contributed by atoms with E-state index >= 15 is 0 Å². The SMILES string of the molecule is C[C@@H]1C[C@@H](O)c2ncnc(N3CCN(C(=O)C(CN4CCN(C)CC4)c4ccc(Cl)cc4)CC3)c21. The normalized spacial score (nSPS) is 24.5. The Bertz CT molecular complexity index is 1030. The minimum absolute atomic E-state index is 0.183. The van der Waals surface area contributed by atoms with Gasteiger partial charge in [0.05, 0.1) is 17.7 Å². The number of nitrogens with zero attached hydrogens (tertiary/aromatic N) is 6. The number of aromatic nitrogens is 2. The van der Waals surface area contributed by atoms with Crippen LogP contribution in [-0.2, 0) is 4.79 Å². The molecule has 1 aromatic carbocycles. The van der Waals surface area contributed by atoms with E-state index in [2.05, 4.69) is 38.6 Å². The number of rotatable bonds is 5. The summed E-state index contributed by atoms with van der Waals surface area (Å²) in [6.07, 6.45) is 1.73. The van der Waals surface area contributed by atoms with Crippen molar-refractivity contribution < 1.29 is 9.90 Å². The summed E-state index contributed by atoms with van der Waals surface area (Å²) in [4.78, 5) is 31.7. The fourth-order valence-electron chi connectivity index (χ4n) is 5.62. The van der Waals surface area contributed by atoms with E-state index in [9.17, 15) is 9.90 Å². The van der Waals surface area contributed by atoms with Crippen LogP contribution in [0.25, 0.3) is 0 Å². The van der Waals surface area contributed by atoms with Crippen molar-refractivity contribution in [3.63, 3.8) is 0 Å². The van der Waals surface area contributed by atoms with Crippen LogP contribution in [-0.4, -0.2) is 102 Å². The maximum absolute atomic E-state index is 13.8. The van der Waals surface area contributed by atoms with Gasteiger partial charge in [-0.2, -0.15) is 0 Å². The molecule has 9 heteroatoms. The zero-order valence-electron chi connectivity index (χ0n) is 20.6. The molecule has 2 aliphatic heterocycles. The van der Waals surface area contributed by atoms with E-state index in [0.717, 1.165) is 68.5 Å². The van der Waals surface area contributed by atoms with Crippen molar-refractivity contribution in [3.8, 4) is 0 Å². The average Bonchev–Trinajstić information content (AvgIpc) is 3.17. The molecular formula is C26H35ClN6O2. The largest absolute Gasteiger partial charge is 0.387 e. The molecule has 1 N–H and O–H groups in total. The third kappa shape index (κ3) is 5.16. The molecule has 0 spiro atoms. The third-order valence-corrected chi connectivity index (χ3v) is 8.03. The fraction of sp³-hybridized carbons (Fsp3) is 0.577. The van der Waals surface area contributed by atoms with Gasteiger partial charge in [-0.1, -0.05) is 30.7 Å². The topological polar surface area (TPSA) is 76.0 Å². The molecular weight excluding hydrogens is 464 g/mol. The van der Waals surface area contributed by atoms with E-state index < -0.39 is 6.10 Å². The van der Waals surface area contributed by atoms with Crippen LogP contribution in [0.1, 0.15) is 48.1 Å². The van der Waals surface area contributed by atoms with Crippen LogP contribution in [0.3, 0.4) is 0 Å². The summed E-state index contributed by atoms with van der Waals surface area (Å²) in [5.74, 6) is 1.12. The van der Waals surface area contributed by atoms with E-state index in [0.29, 0.717) is 24.5 Å². The molecule has 1 aromatic heterocycles. The number of benzene rings is 1. The first-order chi connectivity index (χ1) is 16.9. The summed E-state index contributed by atoms with van der Waals surface area (Å²) in [6.45, 7) is 9.60. The highest BCUT2D eigenvalue weighted by Crippen LogP contribution is 2.42. The second-order valence-electron chi connectivity index (χ2n) is 10.2. The van der Waals surface area contributed by atoms with Crippen LogP contribution in [0.2, 0.25) is 5.02 Å². The van der Waals surface area contributed by atoms with Crippen molar-refractivity contribution in [2.45, 2.75) is 31.3 Å². The van der Waals surface area contributed by atoms with Gasteiger partial charge in [0.1, 0.15) is 12.1 Å². The minimum Gasteiger partial charge on any atom is -0.387 e. The van der Waals surface area contributed by atoms with Gasteiger partial charge in [-0.15, -0.1) is 0 Å². The molecule has 8 nitrogen and oxygen atoms in total. The second kappa shape index (κ2) is 10.4. The molecule has 3 heterocycles. The first-order valence-electron chi connectivity index (χ1n) is 12.6. The molecule has 3 atom stereocenters. The highest BCUT2D eigenvalue weighted by atomic mass is 35.5. The van der Waals surface area contributed by atoms with E-state index in [4.69, 9.17) is 11.6 Å². The van der Waals surface area contributed by atoms with Crippen LogP contribution in [0, 0.1) is 0 Å². The molecule has 0 bridgehead atoms. The lowest BCUT2D eigenvalue weighted by Gasteiger charge is -2.39. The number of carbonyl (C=O) groups is 1. The molecule has 0 radical (unpaired) electrons. The summed E-state index contributed by atoms with van der Waals surface area (Å²) in [5, 5.41) is 11.0. The molecule has 3 aliphatic rings. The number of aliphatic hydroxyl groups excluding tert-OH is 1. The van der Waals surface area contributed by atoms with Crippen LogP contribution in [0.5, 0.6) is 0 Å². The summed E-state index contributed by atoms with van der Waals surface area (Å²) >= 11 is 6.14. The number of aliphatic hydroxyl groups is 1. The van der Waals surface area contributed by atoms with Crippen LogP contribution < -0.4 is 4.90 Å². The van der Waals surface area contributed by atoms with E-state index in [1.165, 1.54) is 0 Å². The van der Waals surface area contributed by atoms with Crippen molar-refractivity contribution in [1.82, 2.24) is 24.7 Å². The van der Waals surface area contributed by atoms with E-state index in [-0.39, 0.29) is 17.7 Å². The summed E-state index contributed by atoms with van der Waals surface area (Å²) in [5.41, 5.74) is 2.85. The lowest BCUT2D eigenvalue weighted by molar-refractivity contribution is -0.133. The van der Waals surface area contributed by atoms with Gasteiger partial charge in [-0.05, 0) is 37.1 Å². The van der Waals surface area contributed by atoms with Crippen molar-refractivity contribution in [3.05, 3.63) is 52.4 Å². The number of likely N-dealkylation sites (N-methyl/N-ethyl adjacent to an activating group) is 1. The molecule has 2 fully saturated rings. The Hall–Kier alpha value is -2.26. The van der Waals surface area contributed by atoms with Crippen molar-refractivity contribution in [2.75, 3.05) is 70.9 Å². The van der Waals surface area contributed by atoms with Crippen LogP contribution in [0.4, 0.5) is 5.82 Å². The standard InChI is InChI=1S/C26H35ClN6O2/c1-18-15-22(34)24-23(18)25(29-17-28-24)32-11-13-33(14-12-32)26(35)21(19-3-5-20(27)6-4-19)16-31-9-7-30(2)8-10-31/h3-6,17-18,21-22,34H,7-16H2,1-2H3/t18-,21?,22-/m1/s1.